The summed E-state index contributed by atoms with van der Waals surface area (Å²) in [5.74, 6) is 0.151. The van der Waals surface area contributed by atoms with Crippen molar-refractivity contribution >= 4 is 37.8 Å². The van der Waals surface area contributed by atoms with Gasteiger partial charge < -0.3 is 14.6 Å². The number of aliphatic carboxylic acids is 1. The molecule has 0 saturated heterocycles. The van der Waals surface area contributed by atoms with E-state index in [1.807, 2.05) is 6.07 Å². The molecule has 0 amide bonds. The highest BCUT2D eigenvalue weighted by Gasteiger charge is 2.13. The topological polar surface area (TPSA) is 49.4 Å². The molecule has 5 heteroatoms. The minimum absolute atomic E-state index is 0.182. The molecule has 0 aliphatic carbocycles. The number of rotatable bonds is 10. The monoisotopic (exact) mass is 445 g/mol. The Bertz CT molecular complexity index is 553. The van der Waals surface area contributed by atoms with Crippen LogP contribution in [0.4, 0.5) is 0 Å². The van der Waals surface area contributed by atoms with Crippen LogP contribution >= 0.6 is 31.9 Å². The van der Waals surface area contributed by atoms with Crippen molar-refractivity contribution in [2.24, 2.45) is 0 Å². The second-order valence-electron chi connectivity index (χ2n) is 5.86. The molecule has 1 aromatic carbocycles. The number of hydrogen-bond donors (Lipinski definition) is 0. The van der Waals surface area contributed by atoms with E-state index in [0.717, 1.165) is 40.4 Å². The molecule has 0 N–H and O–H groups in total. The van der Waals surface area contributed by atoms with Gasteiger partial charge in [0, 0.05) is 4.47 Å². The van der Waals surface area contributed by atoms with E-state index in [1.165, 1.54) is 5.56 Å². The minimum atomic E-state index is -1.14. The fourth-order valence-electron chi connectivity index (χ4n) is 2.23. The van der Waals surface area contributed by atoms with Crippen molar-refractivity contribution in [1.29, 1.82) is 0 Å². The van der Waals surface area contributed by atoms with E-state index in [4.69, 9.17) is 4.74 Å². The zero-order valence-electron chi connectivity index (χ0n) is 13.7. The van der Waals surface area contributed by atoms with Gasteiger partial charge >= 0.3 is 0 Å². The average Bonchev–Trinajstić information content (AvgIpc) is 2.46. The van der Waals surface area contributed by atoms with Gasteiger partial charge in [0.1, 0.15) is 5.75 Å². The summed E-state index contributed by atoms with van der Waals surface area (Å²) in [7, 11) is 0. The van der Waals surface area contributed by atoms with Crippen LogP contribution in [0, 0.1) is 0 Å². The van der Waals surface area contributed by atoms with Crippen LogP contribution in [-0.4, -0.2) is 12.6 Å². The van der Waals surface area contributed by atoms with Crippen LogP contribution in [0.1, 0.15) is 57.4 Å². The second kappa shape index (κ2) is 10.1. The zero-order chi connectivity index (χ0) is 17.4. The number of benzene rings is 1. The fourth-order valence-corrected chi connectivity index (χ4v) is 3.60. The number of halogens is 2. The number of carboxylic acids is 1. The Balaban J connectivity index is 2.36. The van der Waals surface area contributed by atoms with E-state index in [0.29, 0.717) is 18.9 Å². The number of carbonyl (C=O) groups excluding carboxylic acids is 1. The molecule has 23 heavy (non-hydrogen) atoms. The van der Waals surface area contributed by atoms with Gasteiger partial charge in [-0.25, -0.2) is 0 Å². The molecule has 0 aliphatic heterocycles. The number of ether oxygens (including phenoxy) is 1. The quantitative estimate of drug-likeness (QED) is 0.376. The Hall–Kier alpha value is -0.810. The van der Waals surface area contributed by atoms with Crippen molar-refractivity contribution in [3.63, 3.8) is 0 Å². The maximum absolute atomic E-state index is 10.5. The van der Waals surface area contributed by atoms with Crippen molar-refractivity contribution in [1.82, 2.24) is 0 Å². The van der Waals surface area contributed by atoms with Gasteiger partial charge in [-0.2, -0.15) is 0 Å². The predicted molar refractivity (Wildman–Crippen MR) is 98.7 cm³/mol. The first-order valence-corrected chi connectivity index (χ1v) is 9.42. The van der Waals surface area contributed by atoms with Crippen molar-refractivity contribution < 1.29 is 14.6 Å². The summed E-state index contributed by atoms with van der Waals surface area (Å²) in [5.41, 5.74) is 1.36. The van der Waals surface area contributed by atoms with E-state index in [-0.39, 0.29) is 5.57 Å². The van der Waals surface area contributed by atoms with Gasteiger partial charge in [0.25, 0.3) is 0 Å². The molecule has 0 radical (unpaired) electrons. The van der Waals surface area contributed by atoms with Crippen LogP contribution in [0.3, 0.4) is 0 Å². The van der Waals surface area contributed by atoms with Gasteiger partial charge in [-0.15, -0.1) is 0 Å². The SMILES string of the molecule is C=C(CCCCCCOc1c(Br)cc(Br)cc1C(C)C)C(=O)[O-]. The number of carboxylic acid groups (broad SMARTS) is 1. The summed E-state index contributed by atoms with van der Waals surface area (Å²) in [5, 5.41) is 10.5. The van der Waals surface area contributed by atoms with E-state index >= 15 is 0 Å². The Morgan fingerprint density at radius 2 is 1.87 bits per heavy atom. The van der Waals surface area contributed by atoms with E-state index in [1.54, 1.807) is 0 Å². The largest absolute Gasteiger partial charge is 0.545 e. The van der Waals surface area contributed by atoms with Gasteiger partial charge in [-0.3, -0.25) is 0 Å². The van der Waals surface area contributed by atoms with Crippen LogP contribution in [-0.2, 0) is 4.79 Å². The third kappa shape index (κ3) is 7.08. The van der Waals surface area contributed by atoms with Gasteiger partial charge in [-0.05, 0) is 64.4 Å². The molecule has 0 bridgehead atoms. The lowest BCUT2D eigenvalue weighted by Gasteiger charge is -2.16. The molecule has 0 atom stereocenters. The standard InChI is InChI=1S/C18H24Br2O3/c1-12(2)15-10-14(19)11-16(20)17(15)23-9-7-5-4-6-8-13(3)18(21)22/h10-12H,3-9H2,1-2H3,(H,21,22)/p-1. The fraction of sp³-hybridized carbons (Fsp3) is 0.500. The molecule has 0 unspecified atom stereocenters. The molecule has 0 aliphatic rings. The van der Waals surface area contributed by atoms with Crippen molar-refractivity contribution in [3.05, 3.63) is 38.8 Å². The Morgan fingerprint density at radius 1 is 1.22 bits per heavy atom. The summed E-state index contributed by atoms with van der Waals surface area (Å²) in [4.78, 5) is 10.5. The zero-order valence-corrected chi connectivity index (χ0v) is 16.8. The molecule has 0 fully saturated rings. The Kier molecular flexibility index (Phi) is 8.92. The van der Waals surface area contributed by atoms with E-state index in [9.17, 15) is 9.90 Å². The van der Waals surface area contributed by atoms with Crippen LogP contribution < -0.4 is 9.84 Å². The van der Waals surface area contributed by atoms with Crippen molar-refractivity contribution in [2.75, 3.05) is 6.61 Å². The average molecular weight is 447 g/mol. The van der Waals surface area contributed by atoms with Gasteiger partial charge in [0.2, 0.25) is 0 Å². The molecule has 128 valence electrons. The molecule has 0 spiro atoms. The van der Waals surface area contributed by atoms with Gasteiger partial charge in [-0.1, -0.05) is 49.2 Å². The maximum atomic E-state index is 10.5. The lowest BCUT2D eigenvalue weighted by Crippen LogP contribution is -2.23. The number of unbranched alkanes of at least 4 members (excludes halogenated alkanes) is 3. The lowest BCUT2D eigenvalue weighted by molar-refractivity contribution is -0.299. The first-order valence-electron chi connectivity index (χ1n) is 7.83. The molecule has 0 heterocycles. The van der Waals surface area contributed by atoms with Crippen LogP contribution in [0.25, 0.3) is 0 Å². The molecule has 0 saturated carbocycles. The first-order chi connectivity index (χ1) is 10.8. The Morgan fingerprint density at radius 3 is 2.48 bits per heavy atom. The van der Waals surface area contributed by atoms with Crippen molar-refractivity contribution in [2.45, 2.75) is 51.9 Å². The summed E-state index contributed by atoms with van der Waals surface area (Å²) < 4.78 is 7.96. The second-order valence-corrected chi connectivity index (χ2v) is 7.63. The van der Waals surface area contributed by atoms with Crippen LogP contribution in [0.5, 0.6) is 5.75 Å². The first kappa shape index (κ1) is 20.2. The summed E-state index contributed by atoms with van der Waals surface area (Å²) in [6.07, 6.45) is 4.24. The predicted octanol–water partition coefficient (Wildman–Crippen LogP) is 4.97. The highest BCUT2D eigenvalue weighted by molar-refractivity contribution is 9.11. The smallest absolute Gasteiger partial charge is 0.136 e. The lowest BCUT2D eigenvalue weighted by atomic mass is 10.0. The summed E-state index contributed by atoms with van der Waals surface area (Å²) in [6.45, 7) is 8.42. The summed E-state index contributed by atoms with van der Waals surface area (Å²) in [6, 6.07) is 4.09. The van der Waals surface area contributed by atoms with Gasteiger partial charge in [0.15, 0.2) is 0 Å². The maximum Gasteiger partial charge on any atom is 0.136 e. The molecule has 0 aromatic heterocycles. The van der Waals surface area contributed by atoms with Crippen LogP contribution in [0.15, 0.2) is 33.2 Å². The third-order valence-electron chi connectivity index (χ3n) is 3.57. The molecular formula is C18H23Br2O3-. The van der Waals surface area contributed by atoms with Crippen LogP contribution in [0.2, 0.25) is 0 Å². The van der Waals surface area contributed by atoms with E-state index < -0.39 is 5.97 Å². The van der Waals surface area contributed by atoms with Crippen molar-refractivity contribution in [3.8, 4) is 5.75 Å². The Labute approximate surface area is 155 Å². The minimum Gasteiger partial charge on any atom is -0.545 e. The van der Waals surface area contributed by atoms with E-state index in [2.05, 4.69) is 58.4 Å². The number of hydrogen-bond acceptors (Lipinski definition) is 3. The highest BCUT2D eigenvalue weighted by atomic mass is 79.9. The summed E-state index contributed by atoms with van der Waals surface area (Å²) >= 11 is 7.07. The third-order valence-corrected chi connectivity index (χ3v) is 4.61. The highest BCUT2D eigenvalue weighted by Crippen LogP contribution is 2.37. The normalized spacial score (nSPS) is 10.8. The van der Waals surface area contributed by atoms with Gasteiger partial charge in [0.05, 0.1) is 17.0 Å². The number of carbonyl (C=O) groups is 1. The molecule has 1 rings (SSSR count). The molecule has 3 nitrogen and oxygen atoms in total. The molecular weight excluding hydrogens is 424 g/mol. The molecule has 1 aromatic rings.